The third-order valence-corrected chi connectivity index (χ3v) is 3.54. The van der Waals surface area contributed by atoms with Crippen LogP contribution in [0, 0.1) is 6.92 Å². The van der Waals surface area contributed by atoms with Crippen LogP contribution in [-0.4, -0.2) is 22.6 Å². The minimum atomic E-state index is -0.894. The molecule has 2 N–H and O–H groups in total. The van der Waals surface area contributed by atoms with E-state index in [-0.39, 0.29) is 0 Å². The second-order valence-electron chi connectivity index (χ2n) is 5.08. The Hall–Kier alpha value is -2.82. The molecule has 0 radical (unpaired) electrons. The van der Waals surface area contributed by atoms with E-state index in [9.17, 15) is 9.90 Å². The number of nitrogens with one attached hydrogen (secondary N) is 1. The summed E-state index contributed by atoms with van der Waals surface area (Å²) in [5.41, 5.74) is 3.48. The van der Waals surface area contributed by atoms with Gasteiger partial charge in [0.25, 0.3) is 6.01 Å². The van der Waals surface area contributed by atoms with E-state index in [1.54, 1.807) is 13.0 Å². The molecule has 1 aromatic heterocycles. The van der Waals surface area contributed by atoms with Gasteiger partial charge in [-0.15, -0.1) is 0 Å². The van der Waals surface area contributed by atoms with Crippen LogP contribution in [0.3, 0.4) is 0 Å². The van der Waals surface area contributed by atoms with Gasteiger partial charge in [0.15, 0.2) is 5.58 Å². The Balaban J connectivity index is 1.71. The van der Waals surface area contributed by atoms with E-state index < -0.39 is 5.97 Å². The number of nitrogens with zero attached hydrogens (tertiary/aromatic N) is 1. The van der Waals surface area contributed by atoms with Gasteiger partial charge >= 0.3 is 5.97 Å². The van der Waals surface area contributed by atoms with Gasteiger partial charge in [-0.3, -0.25) is 0 Å². The lowest BCUT2D eigenvalue weighted by Gasteiger charge is -2.08. The first kappa shape index (κ1) is 14.1. The number of hydrogen-bond acceptors (Lipinski definition) is 4. The smallest absolute Gasteiger partial charge is 0.336 e. The summed E-state index contributed by atoms with van der Waals surface area (Å²) in [6.45, 7) is 2.36. The lowest BCUT2D eigenvalue weighted by Crippen LogP contribution is -2.10. The fraction of sp³-hybridized carbons (Fsp3) is 0.176. The van der Waals surface area contributed by atoms with Crippen LogP contribution in [0.5, 0.6) is 0 Å². The summed E-state index contributed by atoms with van der Waals surface area (Å²) in [6.07, 6.45) is 0.585. The molecule has 0 atom stereocenters. The van der Waals surface area contributed by atoms with Crippen molar-refractivity contribution in [2.45, 2.75) is 13.3 Å². The minimum absolute atomic E-state index is 0.377. The highest BCUT2D eigenvalue weighted by atomic mass is 16.4. The molecule has 5 heteroatoms. The van der Waals surface area contributed by atoms with Gasteiger partial charge < -0.3 is 14.8 Å². The van der Waals surface area contributed by atoms with Crippen molar-refractivity contribution in [3.8, 4) is 0 Å². The van der Waals surface area contributed by atoms with E-state index in [1.165, 1.54) is 0 Å². The maximum absolute atomic E-state index is 11.3. The molecule has 1 heterocycles. The third kappa shape index (κ3) is 2.79. The van der Waals surface area contributed by atoms with Crippen molar-refractivity contribution < 1.29 is 14.3 Å². The van der Waals surface area contributed by atoms with Crippen LogP contribution in [0.15, 0.2) is 46.9 Å². The third-order valence-electron chi connectivity index (χ3n) is 3.54. The summed E-state index contributed by atoms with van der Waals surface area (Å²) in [6, 6.07) is 13.5. The normalized spacial score (nSPS) is 10.8. The highest BCUT2D eigenvalue weighted by molar-refractivity contribution is 5.91. The molecular weight excluding hydrogens is 280 g/mol. The zero-order valence-electron chi connectivity index (χ0n) is 12.2. The predicted molar refractivity (Wildman–Crippen MR) is 84.3 cm³/mol. The number of anilines is 1. The molecular formula is C17H16N2O3. The zero-order chi connectivity index (χ0) is 15.5. The first-order valence-corrected chi connectivity index (χ1v) is 7.06. The number of fused-ring (bicyclic) bond motifs is 1. The SMILES string of the molecule is Cc1cccc(CCNc2nc3ccccc3o2)c1C(=O)O. The Morgan fingerprint density at radius 1 is 1.23 bits per heavy atom. The largest absolute Gasteiger partial charge is 0.478 e. The fourth-order valence-electron chi connectivity index (χ4n) is 2.49. The molecule has 0 saturated heterocycles. The average molecular weight is 296 g/mol. The molecule has 0 fully saturated rings. The number of carboxylic acids is 1. The molecule has 3 aromatic rings. The fourth-order valence-corrected chi connectivity index (χ4v) is 2.49. The molecule has 0 unspecified atom stereocenters. The molecule has 0 amide bonds. The van der Waals surface area contributed by atoms with Crippen molar-refractivity contribution in [3.05, 3.63) is 59.2 Å². The summed E-state index contributed by atoms with van der Waals surface area (Å²) in [5, 5.41) is 12.4. The molecule has 3 rings (SSSR count). The van der Waals surface area contributed by atoms with Gasteiger partial charge in [0.1, 0.15) is 5.52 Å². The summed E-state index contributed by atoms with van der Waals surface area (Å²) in [4.78, 5) is 15.7. The number of rotatable bonds is 5. The Morgan fingerprint density at radius 3 is 2.82 bits per heavy atom. The summed E-state index contributed by atoms with van der Waals surface area (Å²) >= 11 is 0. The number of oxazole rings is 1. The lowest BCUT2D eigenvalue weighted by molar-refractivity contribution is 0.0695. The second-order valence-corrected chi connectivity index (χ2v) is 5.08. The van der Waals surface area contributed by atoms with E-state index in [4.69, 9.17) is 4.42 Å². The van der Waals surface area contributed by atoms with Crippen LogP contribution in [0.1, 0.15) is 21.5 Å². The molecule has 0 spiro atoms. The number of aromatic carboxylic acids is 1. The van der Waals surface area contributed by atoms with Crippen molar-refractivity contribution in [3.63, 3.8) is 0 Å². The van der Waals surface area contributed by atoms with E-state index in [0.29, 0.717) is 24.5 Å². The number of aryl methyl sites for hydroxylation is 1. The number of benzene rings is 2. The van der Waals surface area contributed by atoms with Gasteiger partial charge in [-0.05, 0) is 36.6 Å². The quantitative estimate of drug-likeness (QED) is 0.753. The van der Waals surface area contributed by atoms with E-state index >= 15 is 0 Å². The number of carboxylic acid groups (broad SMARTS) is 1. The molecule has 0 aliphatic carbocycles. The van der Waals surface area contributed by atoms with E-state index in [2.05, 4.69) is 10.3 Å². The highest BCUT2D eigenvalue weighted by Crippen LogP contribution is 2.19. The molecule has 0 aliphatic heterocycles. The van der Waals surface area contributed by atoms with Gasteiger partial charge in [0.05, 0.1) is 5.56 Å². The van der Waals surface area contributed by atoms with Crippen molar-refractivity contribution in [1.29, 1.82) is 0 Å². The van der Waals surface area contributed by atoms with Crippen molar-refractivity contribution in [2.75, 3.05) is 11.9 Å². The van der Waals surface area contributed by atoms with Gasteiger partial charge in [-0.25, -0.2) is 4.79 Å². The molecule has 5 nitrogen and oxygen atoms in total. The van der Waals surface area contributed by atoms with Crippen molar-refractivity contribution in [1.82, 2.24) is 4.98 Å². The van der Waals surface area contributed by atoms with Gasteiger partial charge in [-0.2, -0.15) is 4.98 Å². The molecule has 2 aromatic carbocycles. The maximum atomic E-state index is 11.3. The average Bonchev–Trinajstić information content (AvgIpc) is 2.89. The van der Waals surface area contributed by atoms with Crippen LogP contribution in [0.25, 0.3) is 11.1 Å². The Labute approximate surface area is 127 Å². The Kier molecular flexibility index (Phi) is 3.78. The summed E-state index contributed by atoms with van der Waals surface area (Å²) in [5.74, 6) is -0.894. The van der Waals surface area contributed by atoms with Gasteiger partial charge in [-0.1, -0.05) is 30.3 Å². The molecule has 0 aliphatic rings. The van der Waals surface area contributed by atoms with Gasteiger partial charge in [0.2, 0.25) is 0 Å². The first-order valence-electron chi connectivity index (χ1n) is 7.06. The van der Waals surface area contributed by atoms with Crippen molar-refractivity contribution >= 4 is 23.1 Å². The Bertz CT molecular complexity index is 791. The van der Waals surface area contributed by atoms with Crippen LogP contribution >= 0.6 is 0 Å². The summed E-state index contributed by atoms with van der Waals surface area (Å²) < 4.78 is 5.57. The topological polar surface area (TPSA) is 75.4 Å². The first-order chi connectivity index (χ1) is 10.6. The zero-order valence-corrected chi connectivity index (χ0v) is 12.2. The van der Waals surface area contributed by atoms with Crippen LogP contribution in [0.4, 0.5) is 6.01 Å². The number of para-hydroxylation sites is 2. The maximum Gasteiger partial charge on any atom is 0.336 e. The highest BCUT2D eigenvalue weighted by Gasteiger charge is 2.12. The molecule has 0 bridgehead atoms. The molecule has 0 saturated carbocycles. The number of carbonyl (C=O) groups is 1. The van der Waals surface area contributed by atoms with E-state index in [0.717, 1.165) is 22.2 Å². The van der Waals surface area contributed by atoms with E-state index in [1.807, 2.05) is 36.4 Å². The minimum Gasteiger partial charge on any atom is -0.478 e. The predicted octanol–water partition coefficient (Wildman–Crippen LogP) is 3.49. The summed E-state index contributed by atoms with van der Waals surface area (Å²) in [7, 11) is 0. The standard InChI is InChI=1S/C17H16N2O3/c1-11-5-4-6-12(15(11)16(20)21)9-10-18-17-19-13-7-2-3-8-14(13)22-17/h2-8H,9-10H2,1H3,(H,18,19)(H,20,21). The van der Waals surface area contributed by atoms with Gasteiger partial charge in [0, 0.05) is 6.54 Å². The lowest BCUT2D eigenvalue weighted by atomic mass is 10.00. The van der Waals surface area contributed by atoms with Crippen LogP contribution in [-0.2, 0) is 6.42 Å². The Morgan fingerprint density at radius 2 is 2.05 bits per heavy atom. The number of hydrogen-bond donors (Lipinski definition) is 2. The molecule has 112 valence electrons. The van der Waals surface area contributed by atoms with Crippen LogP contribution < -0.4 is 5.32 Å². The molecule has 22 heavy (non-hydrogen) atoms. The second kappa shape index (κ2) is 5.89. The van der Waals surface area contributed by atoms with Crippen LogP contribution in [0.2, 0.25) is 0 Å². The number of aromatic nitrogens is 1. The monoisotopic (exact) mass is 296 g/mol. The van der Waals surface area contributed by atoms with Crippen molar-refractivity contribution in [2.24, 2.45) is 0 Å².